The summed E-state index contributed by atoms with van der Waals surface area (Å²) in [6.45, 7) is 1.90. The maximum absolute atomic E-state index is 11.5. The number of carbonyl (C=O) groups is 2. The Morgan fingerprint density at radius 3 is 2.81 bits per heavy atom. The minimum atomic E-state index is -1.04. The molecule has 0 aliphatic heterocycles. The highest BCUT2D eigenvalue weighted by Gasteiger charge is 2.16. The summed E-state index contributed by atoms with van der Waals surface area (Å²) in [5.41, 5.74) is 1.03. The van der Waals surface area contributed by atoms with E-state index in [0.29, 0.717) is 6.54 Å². The van der Waals surface area contributed by atoms with E-state index in [-0.39, 0.29) is 6.03 Å². The number of hydrogen-bond donors (Lipinski definition) is 2. The first-order valence-corrected chi connectivity index (χ1v) is 5.70. The number of carboxylic acids is 1. The molecular formula is C10H14N2O3S. The molecule has 0 bridgehead atoms. The van der Waals surface area contributed by atoms with Crippen molar-refractivity contribution in [3.63, 3.8) is 0 Å². The van der Waals surface area contributed by atoms with Gasteiger partial charge in [0.2, 0.25) is 0 Å². The average molecular weight is 242 g/mol. The highest BCUT2D eigenvalue weighted by Crippen LogP contribution is 2.08. The minimum Gasteiger partial charge on any atom is -0.480 e. The second-order valence-electron chi connectivity index (χ2n) is 3.50. The topological polar surface area (TPSA) is 69.6 Å². The minimum absolute atomic E-state index is 0.388. The van der Waals surface area contributed by atoms with Crippen molar-refractivity contribution in [3.8, 4) is 0 Å². The van der Waals surface area contributed by atoms with E-state index >= 15 is 0 Å². The molecule has 5 nitrogen and oxygen atoms in total. The maximum Gasteiger partial charge on any atom is 0.325 e. The molecule has 1 aromatic heterocycles. The Bertz CT molecular complexity index is 364. The summed E-state index contributed by atoms with van der Waals surface area (Å²) in [7, 11) is 1.63. The van der Waals surface area contributed by atoms with Crippen molar-refractivity contribution in [3.05, 3.63) is 22.4 Å². The Hall–Kier alpha value is -1.56. The molecule has 0 saturated heterocycles. The van der Waals surface area contributed by atoms with E-state index < -0.39 is 12.0 Å². The molecule has 0 saturated carbocycles. The van der Waals surface area contributed by atoms with Crippen molar-refractivity contribution in [2.24, 2.45) is 0 Å². The highest BCUT2D eigenvalue weighted by molar-refractivity contribution is 7.07. The molecule has 0 spiro atoms. The first-order valence-electron chi connectivity index (χ1n) is 4.76. The predicted octanol–water partition coefficient (Wildman–Crippen LogP) is 1.36. The van der Waals surface area contributed by atoms with Crippen LogP contribution in [0.1, 0.15) is 12.5 Å². The van der Waals surface area contributed by atoms with Crippen molar-refractivity contribution < 1.29 is 14.7 Å². The van der Waals surface area contributed by atoms with Gasteiger partial charge in [0.25, 0.3) is 0 Å². The lowest BCUT2D eigenvalue weighted by Crippen LogP contribution is -2.44. The van der Waals surface area contributed by atoms with Gasteiger partial charge in [-0.15, -0.1) is 0 Å². The number of nitrogens with zero attached hydrogens (tertiary/aromatic N) is 1. The molecule has 1 heterocycles. The molecule has 16 heavy (non-hydrogen) atoms. The molecule has 0 aliphatic rings. The molecule has 1 rings (SSSR count). The number of thiophene rings is 1. The zero-order valence-corrected chi connectivity index (χ0v) is 9.95. The van der Waals surface area contributed by atoms with Gasteiger partial charge in [-0.2, -0.15) is 11.3 Å². The van der Waals surface area contributed by atoms with Crippen molar-refractivity contribution in [2.75, 3.05) is 7.05 Å². The van der Waals surface area contributed by atoms with Crippen molar-refractivity contribution in [2.45, 2.75) is 19.5 Å². The molecule has 0 aromatic carbocycles. The Balaban J connectivity index is 2.45. The smallest absolute Gasteiger partial charge is 0.325 e. The molecule has 88 valence electrons. The van der Waals surface area contributed by atoms with E-state index in [0.717, 1.165) is 5.56 Å². The van der Waals surface area contributed by atoms with Gasteiger partial charge in [0, 0.05) is 13.6 Å². The Morgan fingerprint density at radius 1 is 1.62 bits per heavy atom. The van der Waals surface area contributed by atoms with Crippen LogP contribution in [-0.2, 0) is 11.3 Å². The summed E-state index contributed by atoms with van der Waals surface area (Å²) in [6.07, 6.45) is 0. The molecule has 2 N–H and O–H groups in total. The number of amides is 2. The second-order valence-corrected chi connectivity index (χ2v) is 4.28. The maximum atomic E-state index is 11.5. The van der Waals surface area contributed by atoms with Gasteiger partial charge in [-0.05, 0) is 29.3 Å². The van der Waals surface area contributed by atoms with Crippen LogP contribution in [0.4, 0.5) is 4.79 Å². The summed E-state index contributed by atoms with van der Waals surface area (Å²) in [5.74, 6) is -1.04. The molecule has 0 radical (unpaired) electrons. The fourth-order valence-electron chi connectivity index (χ4n) is 1.09. The number of hydrogen-bond acceptors (Lipinski definition) is 3. The van der Waals surface area contributed by atoms with Crippen molar-refractivity contribution >= 4 is 23.3 Å². The van der Waals surface area contributed by atoms with Gasteiger partial charge in [0.15, 0.2) is 0 Å². The van der Waals surface area contributed by atoms with E-state index in [1.807, 2.05) is 16.8 Å². The van der Waals surface area contributed by atoms with Gasteiger partial charge in [-0.1, -0.05) is 0 Å². The SMILES string of the molecule is C[C@H](NC(=O)N(C)Cc1ccsc1)C(=O)O. The van der Waals surface area contributed by atoms with Gasteiger partial charge in [0.05, 0.1) is 0 Å². The van der Waals surface area contributed by atoms with Gasteiger partial charge in [0.1, 0.15) is 6.04 Å². The number of rotatable bonds is 4. The first-order chi connectivity index (χ1) is 7.50. The Labute approximate surface area is 97.7 Å². The van der Waals surface area contributed by atoms with Crippen LogP contribution in [-0.4, -0.2) is 35.1 Å². The van der Waals surface area contributed by atoms with Gasteiger partial charge >= 0.3 is 12.0 Å². The van der Waals surface area contributed by atoms with Crippen molar-refractivity contribution in [1.82, 2.24) is 10.2 Å². The van der Waals surface area contributed by atoms with Gasteiger partial charge in [-0.3, -0.25) is 4.79 Å². The summed E-state index contributed by atoms with van der Waals surface area (Å²) in [4.78, 5) is 23.5. The van der Waals surface area contributed by atoms with Gasteiger partial charge in [-0.25, -0.2) is 4.79 Å². The zero-order valence-electron chi connectivity index (χ0n) is 9.14. The highest BCUT2D eigenvalue weighted by atomic mass is 32.1. The molecule has 6 heteroatoms. The lowest BCUT2D eigenvalue weighted by Gasteiger charge is -2.19. The summed E-state index contributed by atoms with van der Waals surface area (Å²) >= 11 is 1.56. The van der Waals surface area contributed by atoms with Crippen LogP contribution in [0, 0.1) is 0 Å². The van der Waals surface area contributed by atoms with Crippen LogP contribution in [0.5, 0.6) is 0 Å². The summed E-state index contributed by atoms with van der Waals surface area (Å²) < 4.78 is 0. The summed E-state index contributed by atoms with van der Waals surface area (Å²) in [6, 6.07) is 0.660. The van der Waals surface area contributed by atoms with E-state index in [2.05, 4.69) is 5.32 Å². The first kappa shape index (κ1) is 12.5. The lowest BCUT2D eigenvalue weighted by molar-refractivity contribution is -0.138. The quantitative estimate of drug-likeness (QED) is 0.837. The molecule has 0 fully saturated rings. The average Bonchev–Trinajstić information content (AvgIpc) is 2.69. The normalized spacial score (nSPS) is 11.9. The zero-order chi connectivity index (χ0) is 12.1. The molecule has 0 aliphatic carbocycles. The van der Waals surface area contributed by atoms with Crippen LogP contribution in [0.25, 0.3) is 0 Å². The number of nitrogens with one attached hydrogen (secondary N) is 1. The summed E-state index contributed by atoms with van der Waals surface area (Å²) in [5, 5.41) is 14.9. The molecule has 1 atom stereocenters. The lowest BCUT2D eigenvalue weighted by atomic mass is 10.3. The molecule has 2 amide bonds. The Morgan fingerprint density at radius 2 is 2.31 bits per heavy atom. The number of carboxylic acid groups (broad SMARTS) is 1. The Kier molecular flexibility index (Phi) is 4.30. The largest absolute Gasteiger partial charge is 0.480 e. The third kappa shape index (κ3) is 3.54. The van der Waals surface area contributed by atoms with E-state index in [4.69, 9.17) is 5.11 Å². The standard InChI is InChI=1S/C10H14N2O3S/c1-7(9(13)14)11-10(15)12(2)5-8-3-4-16-6-8/h3-4,6-7H,5H2,1-2H3,(H,11,15)(H,13,14)/t7-/m0/s1. The molecule has 0 unspecified atom stereocenters. The van der Waals surface area contributed by atoms with Crippen LogP contribution in [0.2, 0.25) is 0 Å². The number of aliphatic carboxylic acids is 1. The third-order valence-corrected chi connectivity index (χ3v) is 2.79. The van der Waals surface area contributed by atoms with Crippen LogP contribution >= 0.6 is 11.3 Å². The van der Waals surface area contributed by atoms with Crippen LogP contribution in [0.15, 0.2) is 16.8 Å². The number of carbonyl (C=O) groups excluding carboxylic acids is 1. The van der Waals surface area contributed by atoms with Crippen molar-refractivity contribution in [1.29, 1.82) is 0 Å². The third-order valence-electron chi connectivity index (χ3n) is 2.06. The monoisotopic (exact) mass is 242 g/mol. The van der Waals surface area contributed by atoms with E-state index in [9.17, 15) is 9.59 Å². The molecular weight excluding hydrogens is 228 g/mol. The van der Waals surface area contributed by atoms with Crippen LogP contribution < -0.4 is 5.32 Å². The fourth-order valence-corrected chi connectivity index (χ4v) is 1.75. The van der Waals surface area contributed by atoms with E-state index in [1.54, 1.807) is 18.4 Å². The second kappa shape index (κ2) is 5.50. The van der Waals surface area contributed by atoms with Crippen LogP contribution in [0.3, 0.4) is 0 Å². The van der Waals surface area contributed by atoms with Gasteiger partial charge < -0.3 is 15.3 Å². The fraction of sp³-hybridized carbons (Fsp3) is 0.400. The van der Waals surface area contributed by atoms with E-state index in [1.165, 1.54) is 11.8 Å². The predicted molar refractivity (Wildman–Crippen MR) is 61.4 cm³/mol. The molecule has 1 aromatic rings. The number of urea groups is 1.